The number of benzene rings is 1. The number of para-hydroxylation sites is 1. The highest BCUT2D eigenvalue weighted by Gasteiger charge is 2.32. The molecule has 2 amide bonds. The maximum atomic E-state index is 12.6. The summed E-state index contributed by atoms with van der Waals surface area (Å²) in [5.41, 5.74) is 1.90. The molecule has 2 atom stereocenters. The largest absolute Gasteiger partial charge is 0.374 e. The van der Waals surface area contributed by atoms with E-state index in [-0.39, 0.29) is 29.9 Å². The lowest BCUT2D eigenvalue weighted by Gasteiger charge is -2.27. The molecule has 0 spiro atoms. The van der Waals surface area contributed by atoms with Gasteiger partial charge in [0.25, 0.3) is 0 Å². The van der Waals surface area contributed by atoms with Gasteiger partial charge < -0.3 is 15.0 Å². The van der Waals surface area contributed by atoms with Gasteiger partial charge in [0.05, 0.1) is 12.2 Å². The van der Waals surface area contributed by atoms with E-state index in [9.17, 15) is 9.59 Å². The van der Waals surface area contributed by atoms with Crippen LogP contribution in [0.3, 0.4) is 0 Å². The summed E-state index contributed by atoms with van der Waals surface area (Å²) >= 11 is 0. The lowest BCUT2D eigenvalue weighted by atomic mass is 9.87. The van der Waals surface area contributed by atoms with Crippen LogP contribution < -0.4 is 5.32 Å². The van der Waals surface area contributed by atoms with Crippen molar-refractivity contribution in [2.75, 3.05) is 18.4 Å². The lowest BCUT2D eigenvalue weighted by molar-refractivity contribution is -0.131. The molecule has 5 heteroatoms. The van der Waals surface area contributed by atoms with Crippen LogP contribution in [0, 0.1) is 0 Å². The fraction of sp³-hybridized carbons (Fsp3) is 0.556. The van der Waals surface area contributed by atoms with E-state index in [1.165, 1.54) is 0 Å². The van der Waals surface area contributed by atoms with Crippen LogP contribution >= 0.6 is 0 Å². The Morgan fingerprint density at radius 3 is 2.96 bits per heavy atom. The number of rotatable bonds is 4. The third-order valence-corrected chi connectivity index (χ3v) is 4.49. The highest BCUT2D eigenvalue weighted by atomic mass is 16.5. The molecule has 0 aromatic heterocycles. The van der Waals surface area contributed by atoms with Gasteiger partial charge in [-0.05, 0) is 31.9 Å². The summed E-state index contributed by atoms with van der Waals surface area (Å²) in [5.74, 6) is 0.0795. The zero-order valence-electron chi connectivity index (χ0n) is 13.7. The molecule has 3 rings (SSSR count). The van der Waals surface area contributed by atoms with Gasteiger partial charge in [0.1, 0.15) is 0 Å². The van der Waals surface area contributed by atoms with Gasteiger partial charge in [0.15, 0.2) is 0 Å². The molecule has 1 saturated heterocycles. The number of nitrogens with one attached hydrogen (secondary N) is 1. The Kier molecular flexibility index (Phi) is 4.66. The number of hydrogen-bond acceptors (Lipinski definition) is 3. The maximum absolute atomic E-state index is 12.6. The van der Waals surface area contributed by atoms with E-state index in [2.05, 4.69) is 5.32 Å². The molecule has 1 aromatic rings. The number of carbonyl (C=O) groups excluding carboxylic acids is 2. The smallest absolute Gasteiger partial charge is 0.225 e. The average molecular weight is 316 g/mol. The first-order valence-corrected chi connectivity index (χ1v) is 8.35. The molecular weight excluding hydrogens is 292 g/mol. The van der Waals surface area contributed by atoms with E-state index in [0.29, 0.717) is 19.4 Å². The molecule has 1 unspecified atom stereocenters. The molecule has 2 heterocycles. The lowest BCUT2D eigenvalue weighted by Crippen LogP contribution is -2.33. The van der Waals surface area contributed by atoms with Crippen LogP contribution in [-0.4, -0.2) is 42.0 Å². The molecule has 1 aromatic carbocycles. The van der Waals surface area contributed by atoms with Crippen LogP contribution in [0.15, 0.2) is 24.3 Å². The third-order valence-electron chi connectivity index (χ3n) is 4.49. The number of nitrogens with zero attached hydrogens (tertiary/aromatic N) is 1. The fourth-order valence-electron chi connectivity index (χ4n) is 3.47. The Bertz CT molecular complexity index is 600. The van der Waals surface area contributed by atoms with E-state index >= 15 is 0 Å². The molecule has 0 bridgehead atoms. The molecule has 1 fully saturated rings. The second kappa shape index (κ2) is 6.71. The minimum Gasteiger partial charge on any atom is -0.374 e. The Labute approximate surface area is 137 Å². The number of likely N-dealkylation sites (tertiary alicyclic amines) is 1. The predicted molar refractivity (Wildman–Crippen MR) is 88.3 cm³/mol. The standard InChI is InChI=1S/C18H24N2O3/c1-12(2)23-14-7-8-20(11-14)18(22)10-13-9-17(21)19-16-6-4-3-5-15(13)16/h3-6,12-14H,7-11H2,1-2H3,(H,19,21)/t13?,14-/m1/s1. The van der Waals surface area contributed by atoms with Crippen LogP contribution in [0.1, 0.15) is 44.6 Å². The van der Waals surface area contributed by atoms with E-state index in [1.807, 2.05) is 43.0 Å². The number of anilines is 1. The first-order valence-electron chi connectivity index (χ1n) is 8.35. The summed E-state index contributed by atoms with van der Waals surface area (Å²) in [5, 5.41) is 2.88. The van der Waals surface area contributed by atoms with Crippen molar-refractivity contribution < 1.29 is 14.3 Å². The molecule has 0 saturated carbocycles. The summed E-state index contributed by atoms with van der Waals surface area (Å²) in [4.78, 5) is 26.3. The van der Waals surface area contributed by atoms with Crippen LogP contribution in [0.25, 0.3) is 0 Å². The summed E-state index contributed by atoms with van der Waals surface area (Å²) in [6.07, 6.45) is 1.98. The van der Waals surface area contributed by atoms with Crippen molar-refractivity contribution in [3.63, 3.8) is 0 Å². The molecule has 0 radical (unpaired) electrons. The van der Waals surface area contributed by atoms with Crippen LogP contribution in [0.2, 0.25) is 0 Å². The topological polar surface area (TPSA) is 58.6 Å². The van der Waals surface area contributed by atoms with Gasteiger partial charge in [0.2, 0.25) is 11.8 Å². The average Bonchev–Trinajstić information content (AvgIpc) is 2.95. The molecule has 0 aliphatic carbocycles. The van der Waals surface area contributed by atoms with Gasteiger partial charge in [-0.2, -0.15) is 0 Å². The van der Waals surface area contributed by atoms with Gasteiger partial charge in [-0.1, -0.05) is 18.2 Å². The predicted octanol–water partition coefficient (Wildman–Crippen LogP) is 2.53. The Morgan fingerprint density at radius 1 is 1.39 bits per heavy atom. The molecule has 5 nitrogen and oxygen atoms in total. The van der Waals surface area contributed by atoms with Crippen molar-refractivity contribution in [1.82, 2.24) is 4.90 Å². The highest BCUT2D eigenvalue weighted by molar-refractivity contribution is 5.95. The quantitative estimate of drug-likeness (QED) is 0.928. The van der Waals surface area contributed by atoms with Crippen molar-refractivity contribution in [3.05, 3.63) is 29.8 Å². The van der Waals surface area contributed by atoms with Crippen molar-refractivity contribution in [2.24, 2.45) is 0 Å². The summed E-state index contributed by atoms with van der Waals surface area (Å²) < 4.78 is 5.80. The summed E-state index contributed by atoms with van der Waals surface area (Å²) in [7, 11) is 0. The number of fused-ring (bicyclic) bond motifs is 1. The number of hydrogen-bond donors (Lipinski definition) is 1. The normalized spacial score (nSPS) is 23.8. The maximum Gasteiger partial charge on any atom is 0.225 e. The van der Waals surface area contributed by atoms with E-state index in [1.54, 1.807) is 0 Å². The van der Waals surface area contributed by atoms with Gasteiger partial charge in [-0.25, -0.2) is 0 Å². The number of ether oxygens (including phenoxy) is 1. The monoisotopic (exact) mass is 316 g/mol. The molecule has 2 aliphatic rings. The minimum absolute atomic E-state index is 0.0102. The van der Waals surface area contributed by atoms with Gasteiger partial charge in [-0.3, -0.25) is 9.59 Å². The molecule has 2 aliphatic heterocycles. The zero-order valence-corrected chi connectivity index (χ0v) is 13.7. The minimum atomic E-state index is -0.0301. The second-order valence-electron chi connectivity index (χ2n) is 6.68. The molecule has 23 heavy (non-hydrogen) atoms. The molecule has 1 N–H and O–H groups in total. The third kappa shape index (κ3) is 3.72. The van der Waals surface area contributed by atoms with Crippen molar-refractivity contribution in [1.29, 1.82) is 0 Å². The van der Waals surface area contributed by atoms with Gasteiger partial charge in [-0.15, -0.1) is 0 Å². The van der Waals surface area contributed by atoms with Crippen LogP contribution in [0.5, 0.6) is 0 Å². The van der Waals surface area contributed by atoms with Crippen LogP contribution in [-0.2, 0) is 14.3 Å². The molecular formula is C18H24N2O3. The number of carbonyl (C=O) groups is 2. The van der Waals surface area contributed by atoms with Crippen LogP contribution in [0.4, 0.5) is 5.69 Å². The van der Waals surface area contributed by atoms with E-state index in [4.69, 9.17) is 4.74 Å². The van der Waals surface area contributed by atoms with Gasteiger partial charge >= 0.3 is 0 Å². The summed E-state index contributed by atoms with van der Waals surface area (Å²) in [6, 6.07) is 7.75. The van der Waals surface area contributed by atoms with Crippen molar-refractivity contribution in [3.8, 4) is 0 Å². The zero-order chi connectivity index (χ0) is 16.4. The Morgan fingerprint density at radius 2 is 2.17 bits per heavy atom. The SMILES string of the molecule is CC(C)O[C@@H]1CCN(C(=O)CC2CC(=O)Nc3ccccc32)C1. The first-order chi connectivity index (χ1) is 11.0. The number of amides is 2. The first kappa shape index (κ1) is 16.0. The fourth-order valence-corrected chi connectivity index (χ4v) is 3.47. The molecule has 124 valence electrons. The highest BCUT2D eigenvalue weighted by Crippen LogP contribution is 2.34. The summed E-state index contributed by atoms with van der Waals surface area (Å²) in [6.45, 7) is 5.44. The van der Waals surface area contributed by atoms with E-state index < -0.39 is 0 Å². The van der Waals surface area contributed by atoms with Crippen molar-refractivity contribution >= 4 is 17.5 Å². The Balaban J connectivity index is 1.64. The van der Waals surface area contributed by atoms with E-state index in [0.717, 1.165) is 24.2 Å². The Hall–Kier alpha value is -1.88. The van der Waals surface area contributed by atoms with Gasteiger partial charge in [0, 0.05) is 37.5 Å². The van der Waals surface area contributed by atoms with Crippen molar-refractivity contribution in [2.45, 2.75) is 51.2 Å². The second-order valence-corrected chi connectivity index (χ2v) is 6.68.